The summed E-state index contributed by atoms with van der Waals surface area (Å²) in [5.74, 6) is -2.40. The molecule has 0 aliphatic rings. The molecule has 0 aliphatic heterocycles. The number of rotatable bonds is 4. The fraction of sp³-hybridized carbons (Fsp3) is 0.0769. The van der Waals surface area contributed by atoms with Crippen molar-refractivity contribution in [3.63, 3.8) is 0 Å². The van der Waals surface area contributed by atoms with Gasteiger partial charge in [-0.1, -0.05) is 23.2 Å². The number of carboxylic acids is 1. The zero-order valence-electron chi connectivity index (χ0n) is 10.4. The van der Waals surface area contributed by atoms with Gasteiger partial charge in [0, 0.05) is 11.9 Å². The lowest BCUT2D eigenvalue weighted by Gasteiger charge is -2.09. The van der Waals surface area contributed by atoms with E-state index in [9.17, 15) is 14.0 Å². The fourth-order valence-corrected chi connectivity index (χ4v) is 2.22. The molecule has 0 fully saturated rings. The third-order valence-corrected chi connectivity index (χ3v) is 3.18. The third kappa shape index (κ3) is 3.53. The van der Waals surface area contributed by atoms with Crippen LogP contribution < -0.4 is 5.32 Å². The van der Waals surface area contributed by atoms with Crippen LogP contribution in [-0.2, 0) is 11.3 Å². The maximum Gasteiger partial charge on any atom is 0.352 e. The van der Waals surface area contributed by atoms with Crippen LogP contribution in [0, 0.1) is 5.82 Å². The topological polar surface area (TPSA) is 71.3 Å². The van der Waals surface area contributed by atoms with Gasteiger partial charge in [-0.15, -0.1) is 0 Å². The van der Waals surface area contributed by atoms with Crippen LogP contribution in [0.4, 0.5) is 10.1 Å². The van der Waals surface area contributed by atoms with Crippen molar-refractivity contribution in [2.75, 3.05) is 5.32 Å². The average Bonchev–Trinajstić information content (AvgIpc) is 2.83. The van der Waals surface area contributed by atoms with Crippen LogP contribution in [0.3, 0.4) is 0 Å². The Balaban J connectivity index is 2.12. The van der Waals surface area contributed by atoms with Crippen LogP contribution in [0.2, 0.25) is 10.0 Å². The minimum Gasteiger partial charge on any atom is -0.477 e. The molecule has 2 aromatic rings. The summed E-state index contributed by atoms with van der Waals surface area (Å²) in [5, 5.41) is 11.0. The molecule has 0 saturated heterocycles. The molecule has 0 saturated carbocycles. The van der Waals surface area contributed by atoms with Crippen molar-refractivity contribution >= 4 is 40.8 Å². The lowest BCUT2D eigenvalue weighted by atomic mass is 10.3. The Morgan fingerprint density at radius 1 is 1.29 bits per heavy atom. The quantitative estimate of drug-likeness (QED) is 0.845. The first kappa shape index (κ1) is 15.3. The molecule has 110 valence electrons. The fourth-order valence-electron chi connectivity index (χ4n) is 1.73. The molecule has 1 heterocycles. The van der Waals surface area contributed by atoms with Gasteiger partial charge in [0.05, 0.1) is 10.0 Å². The Morgan fingerprint density at radius 3 is 2.48 bits per heavy atom. The molecule has 0 aliphatic carbocycles. The van der Waals surface area contributed by atoms with E-state index in [1.807, 2.05) is 0 Å². The van der Waals surface area contributed by atoms with E-state index in [1.165, 1.54) is 35.0 Å². The number of carboxylic acid groups (broad SMARTS) is 1. The van der Waals surface area contributed by atoms with Crippen molar-refractivity contribution in [1.82, 2.24) is 4.57 Å². The number of aromatic carboxylic acids is 1. The summed E-state index contributed by atoms with van der Waals surface area (Å²) in [6, 6.07) is 5.33. The summed E-state index contributed by atoms with van der Waals surface area (Å²) in [6.07, 6.45) is 1.47. The van der Waals surface area contributed by atoms with Crippen molar-refractivity contribution < 1.29 is 19.1 Å². The van der Waals surface area contributed by atoms with E-state index in [0.29, 0.717) is 0 Å². The molecule has 2 N–H and O–H groups in total. The largest absolute Gasteiger partial charge is 0.477 e. The number of hydrogen-bond acceptors (Lipinski definition) is 2. The molecule has 8 heteroatoms. The lowest BCUT2D eigenvalue weighted by Crippen LogP contribution is -2.20. The Kier molecular flexibility index (Phi) is 4.50. The van der Waals surface area contributed by atoms with E-state index in [0.717, 1.165) is 0 Å². The van der Waals surface area contributed by atoms with Gasteiger partial charge in [0.2, 0.25) is 5.91 Å². The first-order valence-electron chi connectivity index (χ1n) is 5.71. The van der Waals surface area contributed by atoms with E-state index in [-0.39, 0.29) is 28.0 Å². The monoisotopic (exact) mass is 330 g/mol. The van der Waals surface area contributed by atoms with Crippen molar-refractivity contribution in [2.45, 2.75) is 6.54 Å². The maximum absolute atomic E-state index is 13.2. The Bertz CT molecular complexity index is 692. The zero-order chi connectivity index (χ0) is 15.6. The van der Waals surface area contributed by atoms with Crippen molar-refractivity contribution in [3.8, 4) is 0 Å². The number of benzene rings is 1. The third-order valence-electron chi connectivity index (χ3n) is 2.63. The van der Waals surface area contributed by atoms with E-state index < -0.39 is 17.7 Å². The SMILES string of the molecule is O=C(Cn1cccc1C(=O)O)Nc1cc(Cl)c(F)c(Cl)c1. The van der Waals surface area contributed by atoms with Gasteiger partial charge >= 0.3 is 5.97 Å². The van der Waals surface area contributed by atoms with Crippen molar-refractivity contribution in [1.29, 1.82) is 0 Å². The molecular weight excluding hydrogens is 322 g/mol. The van der Waals surface area contributed by atoms with Crippen LogP contribution in [0.1, 0.15) is 10.5 Å². The van der Waals surface area contributed by atoms with Crippen LogP contribution in [0.25, 0.3) is 0 Å². The smallest absolute Gasteiger partial charge is 0.352 e. The lowest BCUT2D eigenvalue weighted by molar-refractivity contribution is -0.116. The second-order valence-electron chi connectivity index (χ2n) is 4.13. The first-order chi connectivity index (χ1) is 9.88. The summed E-state index contributed by atoms with van der Waals surface area (Å²) in [5.41, 5.74) is 0.209. The molecule has 1 aromatic carbocycles. The first-order valence-corrected chi connectivity index (χ1v) is 6.47. The minimum atomic E-state index is -1.14. The number of carbonyl (C=O) groups excluding carboxylic acids is 1. The number of anilines is 1. The number of nitrogens with zero attached hydrogens (tertiary/aromatic N) is 1. The molecule has 1 aromatic heterocycles. The van der Waals surface area contributed by atoms with E-state index in [2.05, 4.69) is 5.32 Å². The summed E-state index contributed by atoms with van der Waals surface area (Å²) < 4.78 is 14.5. The van der Waals surface area contributed by atoms with Gasteiger partial charge in [0.1, 0.15) is 12.2 Å². The molecule has 0 atom stereocenters. The molecule has 21 heavy (non-hydrogen) atoms. The number of hydrogen-bond donors (Lipinski definition) is 2. The highest BCUT2D eigenvalue weighted by molar-refractivity contribution is 6.35. The summed E-state index contributed by atoms with van der Waals surface area (Å²) in [4.78, 5) is 22.8. The molecule has 0 spiro atoms. The van der Waals surface area contributed by atoms with Crippen LogP contribution in [0.15, 0.2) is 30.5 Å². The highest BCUT2D eigenvalue weighted by atomic mass is 35.5. The Hall–Kier alpha value is -2.05. The average molecular weight is 331 g/mol. The molecule has 0 bridgehead atoms. The summed E-state index contributed by atoms with van der Waals surface area (Å²) in [6.45, 7) is -0.207. The molecule has 1 amide bonds. The summed E-state index contributed by atoms with van der Waals surface area (Å²) >= 11 is 11.2. The normalized spacial score (nSPS) is 10.4. The highest BCUT2D eigenvalue weighted by Gasteiger charge is 2.13. The van der Waals surface area contributed by atoms with E-state index in [1.54, 1.807) is 0 Å². The Morgan fingerprint density at radius 2 is 1.90 bits per heavy atom. The van der Waals surface area contributed by atoms with Gasteiger partial charge in [-0.05, 0) is 24.3 Å². The standard InChI is InChI=1S/C13H9Cl2FN2O3/c14-8-4-7(5-9(15)12(8)16)17-11(19)6-18-3-1-2-10(18)13(20)21/h1-5H,6H2,(H,17,19)(H,20,21). The van der Waals surface area contributed by atoms with Crippen LogP contribution in [-0.4, -0.2) is 21.6 Å². The number of nitrogens with one attached hydrogen (secondary N) is 1. The van der Waals surface area contributed by atoms with Gasteiger partial charge in [-0.25, -0.2) is 9.18 Å². The minimum absolute atomic E-state index is 0.0136. The van der Waals surface area contributed by atoms with Crippen molar-refractivity contribution in [2.24, 2.45) is 0 Å². The second-order valence-corrected chi connectivity index (χ2v) is 4.94. The molecule has 0 radical (unpaired) electrons. The maximum atomic E-state index is 13.2. The van der Waals surface area contributed by atoms with Crippen LogP contribution in [0.5, 0.6) is 0 Å². The van der Waals surface area contributed by atoms with Crippen LogP contribution >= 0.6 is 23.2 Å². The van der Waals surface area contributed by atoms with E-state index in [4.69, 9.17) is 28.3 Å². The van der Waals surface area contributed by atoms with Gasteiger partial charge in [0.25, 0.3) is 0 Å². The predicted molar refractivity (Wildman–Crippen MR) is 76.4 cm³/mol. The highest BCUT2D eigenvalue weighted by Crippen LogP contribution is 2.27. The second kappa shape index (κ2) is 6.15. The van der Waals surface area contributed by atoms with Gasteiger partial charge < -0.3 is 15.0 Å². The summed E-state index contributed by atoms with van der Waals surface area (Å²) in [7, 11) is 0. The van der Waals surface area contributed by atoms with Crippen molar-refractivity contribution in [3.05, 3.63) is 52.0 Å². The number of halogens is 3. The molecule has 0 unspecified atom stereocenters. The van der Waals surface area contributed by atoms with Gasteiger partial charge in [-0.3, -0.25) is 4.79 Å². The van der Waals surface area contributed by atoms with Gasteiger partial charge in [-0.2, -0.15) is 0 Å². The predicted octanol–water partition coefficient (Wildman–Crippen LogP) is 3.27. The number of amides is 1. The Labute approximate surface area is 128 Å². The number of aromatic nitrogens is 1. The molecule has 5 nitrogen and oxygen atoms in total. The van der Waals surface area contributed by atoms with Gasteiger partial charge in [0.15, 0.2) is 5.82 Å². The number of carbonyl (C=O) groups is 2. The zero-order valence-corrected chi connectivity index (χ0v) is 12.0. The van der Waals surface area contributed by atoms with E-state index >= 15 is 0 Å². The molecule has 2 rings (SSSR count). The molecular formula is C13H9Cl2FN2O3.